The first-order chi connectivity index (χ1) is 8.75. The van der Waals surface area contributed by atoms with Crippen molar-refractivity contribution in [2.45, 2.75) is 47.0 Å². The van der Waals surface area contributed by atoms with Gasteiger partial charge in [-0.25, -0.2) is 9.78 Å². The fraction of sp³-hybridized carbons (Fsp3) is 0.600. The molecule has 106 valence electrons. The first kappa shape index (κ1) is 15.5. The molecule has 0 amide bonds. The fourth-order valence-electron chi connectivity index (χ4n) is 1.52. The summed E-state index contributed by atoms with van der Waals surface area (Å²) in [5, 5.41) is 12.4. The van der Waals surface area contributed by atoms with Crippen LogP contribution in [0.1, 0.15) is 63.0 Å². The molecule has 4 nitrogen and oxygen atoms in total. The molecule has 0 unspecified atom stereocenters. The third-order valence-corrected chi connectivity index (χ3v) is 3.39. The SMILES string of the molecule is CCC(C)(C)CNc1cc(C(=O)O)cc(C(C)C)n1. The molecule has 0 aliphatic carbocycles. The molecular formula is C15H24N2O2. The maximum atomic E-state index is 11.1. The fourth-order valence-corrected chi connectivity index (χ4v) is 1.52. The number of anilines is 1. The van der Waals surface area contributed by atoms with E-state index in [0.717, 1.165) is 18.7 Å². The van der Waals surface area contributed by atoms with Crippen molar-refractivity contribution >= 4 is 11.8 Å². The second-order valence-electron chi connectivity index (χ2n) is 6.00. The van der Waals surface area contributed by atoms with Crippen LogP contribution in [0.3, 0.4) is 0 Å². The Bertz CT molecular complexity index is 453. The Morgan fingerprint density at radius 2 is 2.05 bits per heavy atom. The number of carboxylic acid groups (broad SMARTS) is 1. The van der Waals surface area contributed by atoms with Crippen LogP contribution < -0.4 is 5.32 Å². The number of nitrogens with one attached hydrogen (secondary N) is 1. The lowest BCUT2D eigenvalue weighted by Gasteiger charge is -2.23. The highest BCUT2D eigenvalue weighted by atomic mass is 16.4. The lowest BCUT2D eigenvalue weighted by atomic mass is 9.90. The molecule has 0 spiro atoms. The van der Waals surface area contributed by atoms with E-state index >= 15 is 0 Å². The molecule has 0 aliphatic rings. The second-order valence-corrected chi connectivity index (χ2v) is 6.00. The van der Waals surface area contributed by atoms with Crippen LogP contribution in [0.2, 0.25) is 0 Å². The minimum absolute atomic E-state index is 0.166. The molecule has 0 saturated heterocycles. The van der Waals surface area contributed by atoms with Gasteiger partial charge in [0.2, 0.25) is 0 Å². The Kier molecular flexibility index (Phi) is 4.92. The highest BCUT2D eigenvalue weighted by Gasteiger charge is 2.16. The van der Waals surface area contributed by atoms with Crippen molar-refractivity contribution in [3.8, 4) is 0 Å². The van der Waals surface area contributed by atoms with Gasteiger partial charge >= 0.3 is 5.97 Å². The summed E-state index contributed by atoms with van der Waals surface area (Å²) in [6, 6.07) is 3.24. The summed E-state index contributed by atoms with van der Waals surface area (Å²) in [5.41, 5.74) is 1.26. The van der Waals surface area contributed by atoms with Gasteiger partial charge in [-0.15, -0.1) is 0 Å². The average Bonchev–Trinajstić information content (AvgIpc) is 2.36. The highest BCUT2D eigenvalue weighted by molar-refractivity contribution is 5.88. The minimum atomic E-state index is -0.915. The summed E-state index contributed by atoms with van der Waals surface area (Å²) >= 11 is 0. The highest BCUT2D eigenvalue weighted by Crippen LogP contribution is 2.22. The first-order valence-electron chi connectivity index (χ1n) is 6.74. The topological polar surface area (TPSA) is 62.2 Å². The zero-order chi connectivity index (χ0) is 14.6. The lowest BCUT2D eigenvalue weighted by molar-refractivity contribution is 0.0696. The zero-order valence-corrected chi connectivity index (χ0v) is 12.4. The Labute approximate surface area is 115 Å². The van der Waals surface area contributed by atoms with Gasteiger partial charge in [-0.1, -0.05) is 34.6 Å². The van der Waals surface area contributed by atoms with Crippen molar-refractivity contribution in [2.24, 2.45) is 5.41 Å². The summed E-state index contributed by atoms with van der Waals surface area (Å²) in [7, 11) is 0. The molecule has 0 fully saturated rings. The maximum Gasteiger partial charge on any atom is 0.335 e. The lowest BCUT2D eigenvalue weighted by Crippen LogP contribution is -2.22. The van der Waals surface area contributed by atoms with Crippen LogP contribution in [0, 0.1) is 5.41 Å². The zero-order valence-electron chi connectivity index (χ0n) is 12.4. The molecule has 0 saturated carbocycles. The molecule has 1 aromatic rings. The number of carboxylic acids is 1. The first-order valence-corrected chi connectivity index (χ1v) is 6.74. The van der Waals surface area contributed by atoms with E-state index in [1.165, 1.54) is 0 Å². The Morgan fingerprint density at radius 1 is 1.42 bits per heavy atom. The van der Waals surface area contributed by atoms with E-state index in [9.17, 15) is 4.79 Å². The standard InChI is InChI=1S/C15H24N2O2/c1-6-15(4,5)9-16-13-8-11(14(18)19)7-12(17-13)10(2)3/h7-8,10H,6,9H2,1-5H3,(H,16,17)(H,18,19). The molecule has 19 heavy (non-hydrogen) atoms. The van der Waals surface area contributed by atoms with E-state index in [4.69, 9.17) is 5.11 Å². The average molecular weight is 264 g/mol. The molecule has 0 bridgehead atoms. The summed E-state index contributed by atoms with van der Waals surface area (Å²) in [4.78, 5) is 15.6. The molecule has 4 heteroatoms. The number of rotatable bonds is 6. The number of aromatic carboxylic acids is 1. The number of hydrogen-bond acceptors (Lipinski definition) is 3. The Hall–Kier alpha value is -1.58. The number of carbonyl (C=O) groups is 1. The van der Waals surface area contributed by atoms with Gasteiger partial charge in [0.05, 0.1) is 5.56 Å². The van der Waals surface area contributed by atoms with Crippen molar-refractivity contribution in [2.75, 3.05) is 11.9 Å². The van der Waals surface area contributed by atoms with Crippen molar-refractivity contribution in [3.05, 3.63) is 23.4 Å². The van der Waals surface area contributed by atoms with Gasteiger partial charge in [-0.3, -0.25) is 0 Å². The van der Waals surface area contributed by atoms with Crippen LogP contribution in [-0.2, 0) is 0 Å². The monoisotopic (exact) mass is 264 g/mol. The molecule has 0 atom stereocenters. The van der Waals surface area contributed by atoms with E-state index in [1.54, 1.807) is 12.1 Å². The smallest absolute Gasteiger partial charge is 0.335 e. The van der Waals surface area contributed by atoms with Gasteiger partial charge in [-0.2, -0.15) is 0 Å². The van der Waals surface area contributed by atoms with Crippen LogP contribution in [0.5, 0.6) is 0 Å². The normalized spacial score (nSPS) is 11.7. The maximum absolute atomic E-state index is 11.1. The van der Waals surface area contributed by atoms with Crippen LogP contribution >= 0.6 is 0 Å². The number of nitrogens with zero attached hydrogens (tertiary/aromatic N) is 1. The van der Waals surface area contributed by atoms with E-state index in [-0.39, 0.29) is 16.9 Å². The van der Waals surface area contributed by atoms with Gasteiger partial charge in [0.1, 0.15) is 5.82 Å². The molecule has 0 aromatic carbocycles. The molecule has 1 aromatic heterocycles. The predicted molar refractivity (Wildman–Crippen MR) is 77.8 cm³/mol. The summed E-state index contributed by atoms with van der Waals surface area (Å²) < 4.78 is 0. The van der Waals surface area contributed by atoms with Crippen molar-refractivity contribution in [3.63, 3.8) is 0 Å². The van der Waals surface area contributed by atoms with Crippen LogP contribution in [0.15, 0.2) is 12.1 Å². The van der Waals surface area contributed by atoms with Crippen LogP contribution in [0.4, 0.5) is 5.82 Å². The van der Waals surface area contributed by atoms with Gasteiger partial charge in [-0.05, 0) is 29.9 Å². The number of pyridine rings is 1. The predicted octanol–water partition coefficient (Wildman–Crippen LogP) is 3.75. The van der Waals surface area contributed by atoms with Gasteiger partial charge < -0.3 is 10.4 Å². The summed E-state index contributed by atoms with van der Waals surface area (Å²) in [6.45, 7) is 11.3. The Morgan fingerprint density at radius 3 is 2.53 bits per heavy atom. The van der Waals surface area contributed by atoms with E-state index in [0.29, 0.717) is 5.82 Å². The molecular weight excluding hydrogens is 240 g/mol. The van der Waals surface area contributed by atoms with Crippen molar-refractivity contribution < 1.29 is 9.90 Å². The van der Waals surface area contributed by atoms with Crippen LogP contribution in [-0.4, -0.2) is 22.6 Å². The number of hydrogen-bond donors (Lipinski definition) is 2. The van der Waals surface area contributed by atoms with Crippen molar-refractivity contribution in [1.82, 2.24) is 4.98 Å². The largest absolute Gasteiger partial charge is 0.478 e. The number of aromatic nitrogens is 1. The minimum Gasteiger partial charge on any atom is -0.478 e. The Balaban J connectivity index is 2.97. The van der Waals surface area contributed by atoms with Crippen LogP contribution in [0.25, 0.3) is 0 Å². The molecule has 1 heterocycles. The second kappa shape index (κ2) is 6.04. The molecule has 0 radical (unpaired) electrons. The van der Waals surface area contributed by atoms with Gasteiger partial charge in [0.25, 0.3) is 0 Å². The van der Waals surface area contributed by atoms with Gasteiger partial charge in [0, 0.05) is 12.2 Å². The quantitative estimate of drug-likeness (QED) is 0.821. The summed E-state index contributed by atoms with van der Waals surface area (Å²) in [5.74, 6) is -0.0636. The van der Waals surface area contributed by atoms with Gasteiger partial charge in [0.15, 0.2) is 0 Å². The third-order valence-electron chi connectivity index (χ3n) is 3.39. The van der Waals surface area contributed by atoms with E-state index in [2.05, 4.69) is 31.1 Å². The summed E-state index contributed by atoms with van der Waals surface area (Å²) in [6.07, 6.45) is 1.05. The molecule has 1 rings (SSSR count). The molecule has 0 aliphatic heterocycles. The van der Waals surface area contributed by atoms with E-state index in [1.807, 2.05) is 13.8 Å². The van der Waals surface area contributed by atoms with E-state index < -0.39 is 5.97 Å². The van der Waals surface area contributed by atoms with Crippen molar-refractivity contribution in [1.29, 1.82) is 0 Å². The third kappa shape index (κ3) is 4.54. The molecule has 2 N–H and O–H groups in total.